The molecule has 0 saturated carbocycles. The Morgan fingerprint density at radius 3 is 2.92 bits per heavy atom. The lowest BCUT2D eigenvalue weighted by Crippen LogP contribution is -2.42. The first-order chi connectivity index (χ1) is 12.5. The van der Waals surface area contributed by atoms with Gasteiger partial charge in [0.25, 0.3) is 5.71 Å². The molecule has 0 radical (unpaired) electrons. The maximum atomic E-state index is 13.1. The van der Waals surface area contributed by atoms with Gasteiger partial charge in [0.2, 0.25) is 10.0 Å². The van der Waals surface area contributed by atoms with Crippen LogP contribution in [0.1, 0.15) is 24.3 Å². The number of fused-ring (bicyclic) bond motifs is 1. The van der Waals surface area contributed by atoms with Gasteiger partial charge < -0.3 is 9.26 Å². The van der Waals surface area contributed by atoms with Crippen molar-refractivity contribution in [3.8, 4) is 0 Å². The third kappa shape index (κ3) is 2.89. The summed E-state index contributed by atoms with van der Waals surface area (Å²) >= 11 is 0. The summed E-state index contributed by atoms with van der Waals surface area (Å²) in [5.41, 5.74) is 1.89. The van der Waals surface area contributed by atoms with Crippen molar-refractivity contribution in [3.05, 3.63) is 35.9 Å². The van der Waals surface area contributed by atoms with Gasteiger partial charge in [0.1, 0.15) is 4.90 Å². The summed E-state index contributed by atoms with van der Waals surface area (Å²) in [6, 6.07) is 1.58. The average molecular weight is 377 g/mol. The highest BCUT2D eigenvalue weighted by Gasteiger charge is 2.32. The van der Waals surface area contributed by atoms with Crippen LogP contribution in [0.25, 0.3) is 11.1 Å². The van der Waals surface area contributed by atoms with Crippen LogP contribution < -0.4 is 0 Å². The van der Waals surface area contributed by atoms with Crippen LogP contribution in [0.5, 0.6) is 0 Å². The highest BCUT2D eigenvalue weighted by Crippen LogP contribution is 2.28. The molecule has 1 saturated heterocycles. The molecule has 1 fully saturated rings. The van der Waals surface area contributed by atoms with E-state index in [1.165, 1.54) is 10.5 Å². The van der Waals surface area contributed by atoms with Gasteiger partial charge in [0.05, 0.1) is 36.2 Å². The number of pyridine rings is 1. The second-order valence-electron chi connectivity index (χ2n) is 6.18. The SMILES string of the molecule is CCc1noc2ncc(S(=O)(=O)N3CCO[C@@H](c4cnn(C)c4)C3)cc12. The van der Waals surface area contributed by atoms with Crippen LogP contribution in [0.2, 0.25) is 0 Å². The van der Waals surface area contributed by atoms with Crippen LogP contribution in [0.15, 0.2) is 34.1 Å². The number of morpholine rings is 1. The lowest BCUT2D eigenvalue weighted by Gasteiger charge is -2.31. The Balaban J connectivity index is 1.65. The minimum absolute atomic E-state index is 0.134. The Kier molecular flexibility index (Phi) is 4.25. The largest absolute Gasteiger partial charge is 0.371 e. The van der Waals surface area contributed by atoms with Gasteiger partial charge in [-0.2, -0.15) is 9.40 Å². The van der Waals surface area contributed by atoms with Crippen LogP contribution in [0.3, 0.4) is 0 Å². The van der Waals surface area contributed by atoms with Gasteiger partial charge in [0.15, 0.2) is 0 Å². The summed E-state index contributed by atoms with van der Waals surface area (Å²) in [5.74, 6) is 0. The van der Waals surface area contributed by atoms with E-state index in [4.69, 9.17) is 9.26 Å². The van der Waals surface area contributed by atoms with E-state index in [0.717, 1.165) is 5.56 Å². The first kappa shape index (κ1) is 17.1. The van der Waals surface area contributed by atoms with Crippen molar-refractivity contribution in [1.29, 1.82) is 0 Å². The molecule has 0 unspecified atom stereocenters. The zero-order chi connectivity index (χ0) is 18.3. The van der Waals surface area contributed by atoms with Crippen molar-refractivity contribution >= 4 is 21.1 Å². The summed E-state index contributed by atoms with van der Waals surface area (Å²) in [6.07, 6.45) is 5.14. The molecular formula is C16H19N5O4S. The first-order valence-electron chi connectivity index (χ1n) is 8.33. The fourth-order valence-corrected chi connectivity index (χ4v) is 4.45. The number of hydrogen-bond acceptors (Lipinski definition) is 7. The van der Waals surface area contributed by atoms with E-state index in [2.05, 4.69) is 15.2 Å². The number of ether oxygens (including phenoxy) is 1. The van der Waals surface area contributed by atoms with Crippen LogP contribution in [0, 0.1) is 0 Å². The number of hydrogen-bond donors (Lipinski definition) is 0. The first-order valence-corrected chi connectivity index (χ1v) is 9.77. The molecule has 3 aromatic heterocycles. The van der Waals surface area contributed by atoms with Crippen LogP contribution in [0.4, 0.5) is 0 Å². The summed E-state index contributed by atoms with van der Waals surface area (Å²) in [4.78, 5) is 4.25. The van der Waals surface area contributed by atoms with Gasteiger partial charge in [-0.1, -0.05) is 12.1 Å². The maximum absolute atomic E-state index is 13.1. The average Bonchev–Trinajstić information content (AvgIpc) is 3.27. The maximum Gasteiger partial charge on any atom is 0.258 e. The third-order valence-corrected chi connectivity index (χ3v) is 6.31. The van der Waals surface area contributed by atoms with Gasteiger partial charge >= 0.3 is 0 Å². The molecule has 1 aliphatic rings. The Morgan fingerprint density at radius 1 is 1.35 bits per heavy atom. The monoisotopic (exact) mass is 377 g/mol. The van der Waals surface area contributed by atoms with E-state index in [-0.39, 0.29) is 17.5 Å². The molecular weight excluding hydrogens is 358 g/mol. The quantitative estimate of drug-likeness (QED) is 0.675. The fourth-order valence-electron chi connectivity index (χ4n) is 3.06. The van der Waals surface area contributed by atoms with Crippen molar-refractivity contribution in [1.82, 2.24) is 24.2 Å². The van der Waals surface area contributed by atoms with Gasteiger partial charge in [-0.15, -0.1) is 0 Å². The second kappa shape index (κ2) is 6.45. The van der Waals surface area contributed by atoms with Gasteiger partial charge in [0, 0.05) is 31.9 Å². The molecule has 0 N–H and O–H groups in total. The van der Waals surface area contributed by atoms with Crippen molar-refractivity contribution in [2.24, 2.45) is 7.05 Å². The van der Waals surface area contributed by atoms with E-state index in [9.17, 15) is 8.42 Å². The van der Waals surface area contributed by atoms with Gasteiger partial charge in [-0.3, -0.25) is 4.68 Å². The molecule has 9 nitrogen and oxygen atoms in total. The molecule has 0 aliphatic carbocycles. The highest BCUT2D eigenvalue weighted by molar-refractivity contribution is 7.89. The van der Waals surface area contributed by atoms with Crippen LogP contribution in [-0.4, -0.2) is 52.3 Å². The van der Waals surface area contributed by atoms with Gasteiger partial charge in [-0.05, 0) is 12.5 Å². The van der Waals surface area contributed by atoms with E-state index in [1.807, 2.05) is 20.2 Å². The number of aryl methyl sites for hydroxylation is 2. The Bertz CT molecular complexity index is 1040. The number of rotatable bonds is 4. The van der Waals surface area contributed by atoms with Gasteiger partial charge in [-0.25, -0.2) is 13.4 Å². The molecule has 10 heteroatoms. The molecule has 0 bridgehead atoms. The number of sulfonamides is 1. The normalized spacial score (nSPS) is 19.2. The molecule has 0 spiro atoms. The van der Waals surface area contributed by atoms with Crippen LogP contribution >= 0.6 is 0 Å². The lowest BCUT2D eigenvalue weighted by atomic mass is 10.2. The molecule has 0 amide bonds. The van der Waals surface area contributed by atoms with E-state index in [0.29, 0.717) is 36.4 Å². The van der Waals surface area contributed by atoms with E-state index in [1.54, 1.807) is 16.9 Å². The molecule has 3 aromatic rings. The molecule has 0 aromatic carbocycles. The molecule has 26 heavy (non-hydrogen) atoms. The Morgan fingerprint density at radius 2 is 2.19 bits per heavy atom. The summed E-state index contributed by atoms with van der Waals surface area (Å²) in [6.45, 7) is 2.78. The topological polar surface area (TPSA) is 103 Å². The zero-order valence-corrected chi connectivity index (χ0v) is 15.3. The molecule has 4 heterocycles. The fraction of sp³-hybridized carbons (Fsp3) is 0.438. The Hall–Kier alpha value is -2.30. The number of aromatic nitrogens is 4. The van der Waals surface area contributed by atoms with Crippen molar-refractivity contribution in [2.45, 2.75) is 24.3 Å². The summed E-state index contributed by atoms with van der Waals surface area (Å²) in [5, 5.41) is 8.68. The lowest BCUT2D eigenvalue weighted by molar-refractivity contribution is -0.00259. The number of nitrogens with zero attached hydrogens (tertiary/aromatic N) is 5. The molecule has 1 atom stereocenters. The van der Waals surface area contributed by atoms with Crippen molar-refractivity contribution in [2.75, 3.05) is 19.7 Å². The second-order valence-corrected chi connectivity index (χ2v) is 8.11. The highest BCUT2D eigenvalue weighted by atomic mass is 32.2. The van der Waals surface area contributed by atoms with Crippen molar-refractivity contribution in [3.63, 3.8) is 0 Å². The predicted octanol–water partition coefficient (Wildman–Crippen LogP) is 1.28. The Labute approximate surface area is 150 Å². The zero-order valence-electron chi connectivity index (χ0n) is 14.5. The predicted molar refractivity (Wildman–Crippen MR) is 91.8 cm³/mol. The minimum Gasteiger partial charge on any atom is -0.371 e. The molecule has 138 valence electrons. The molecule has 4 rings (SSSR count). The van der Waals surface area contributed by atoms with E-state index < -0.39 is 10.0 Å². The molecule has 1 aliphatic heterocycles. The summed E-state index contributed by atoms with van der Waals surface area (Å²) < 4.78 is 40.1. The van der Waals surface area contributed by atoms with Crippen LogP contribution in [-0.2, 0) is 28.2 Å². The summed E-state index contributed by atoms with van der Waals surface area (Å²) in [7, 11) is -1.88. The standard InChI is InChI=1S/C16H19N5O4S/c1-3-14-13-6-12(8-17-16(13)25-19-14)26(22,23)21-4-5-24-15(10-21)11-7-18-20(2)9-11/h6-9,15H,3-5,10H2,1-2H3/t15-/m1/s1. The van der Waals surface area contributed by atoms with Crippen molar-refractivity contribution < 1.29 is 17.7 Å². The smallest absolute Gasteiger partial charge is 0.258 e. The van der Waals surface area contributed by atoms with E-state index >= 15 is 0 Å². The third-order valence-electron chi connectivity index (χ3n) is 4.48. The minimum atomic E-state index is -3.70.